The van der Waals surface area contributed by atoms with Crippen LogP contribution in [0, 0.1) is 0 Å². The van der Waals surface area contributed by atoms with Gasteiger partial charge < -0.3 is 9.84 Å². The van der Waals surface area contributed by atoms with Crippen LogP contribution >= 0.6 is 0 Å². The average Bonchev–Trinajstić information content (AvgIpc) is 3.72. The van der Waals surface area contributed by atoms with E-state index in [4.69, 9.17) is 9.84 Å². The van der Waals surface area contributed by atoms with Crippen molar-refractivity contribution in [3.63, 3.8) is 0 Å². The number of aryl methyl sites for hydroxylation is 1. The third-order valence-corrected chi connectivity index (χ3v) is 8.53. The maximum atomic E-state index is 14.3. The van der Waals surface area contributed by atoms with Gasteiger partial charge in [0.05, 0.1) is 42.5 Å². The Morgan fingerprint density at radius 3 is 2.44 bits per heavy atom. The minimum atomic E-state index is -0.844. The minimum absolute atomic E-state index is 0.0875. The zero-order chi connectivity index (χ0) is 30.0. The lowest BCUT2D eigenvalue weighted by Gasteiger charge is -2.32. The number of fused-ring (bicyclic) bond motifs is 1. The second-order valence-electron chi connectivity index (χ2n) is 12.4. The first-order valence-corrected chi connectivity index (χ1v) is 15.5. The van der Waals surface area contributed by atoms with Crippen molar-refractivity contribution in [2.75, 3.05) is 13.2 Å². The molecule has 0 unspecified atom stereocenters. The van der Waals surface area contributed by atoms with Crippen LogP contribution in [0.15, 0.2) is 70.7 Å². The number of aromatic nitrogens is 3. The normalized spacial score (nSPS) is 19.0. The Morgan fingerprint density at radius 2 is 1.77 bits per heavy atom. The molecular formula is C34H42N6O3. The van der Waals surface area contributed by atoms with E-state index in [9.17, 15) is 9.90 Å². The van der Waals surface area contributed by atoms with E-state index in [2.05, 4.69) is 65.5 Å². The number of hydrogen-bond donors (Lipinski definition) is 3. The van der Waals surface area contributed by atoms with Crippen LogP contribution < -0.4 is 16.5 Å². The Hall–Kier alpha value is -3.79. The van der Waals surface area contributed by atoms with Gasteiger partial charge in [0.15, 0.2) is 0 Å². The highest BCUT2D eigenvalue weighted by molar-refractivity contribution is 6.07. The molecule has 6 rings (SSSR count). The van der Waals surface area contributed by atoms with Crippen LogP contribution in [0.3, 0.4) is 0 Å². The number of hydrogen-bond acceptors (Lipinski definition) is 7. The van der Waals surface area contributed by atoms with Crippen LogP contribution in [-0.2, 0) is 17.6 Å². The molecular weight excluding hydrogens is 540 g/mol. The van der Waals surface area contributed by atoms with E-state index in [1.165, 1.54) is 0 Å². The fraction of sp³-hybridized carbons (Fsp3) is 0.441. The lowest BCUT2D eigenvalue weighted by Crippen LogP contribution is -2.36. The van der Waals surface area contributed by atoms with Crippen molar-refractivity contribution in [1.82, 2.24) is 25.1 Å². The Balaban J connectivity index is 1.29. The monoisotopic (exact) mass is 582 g/mol. The second-order valence-corrected chi connectivity index (χ2v) is 12.4. The molecule has 1 aliphatic carbocycles. The fourth-order valence-electron chi connectivity index (χ4n) is 6.42. The predicted molar refractivity (Wildman–Crippen MR) is 169 cm³/mol. The molecule has 4 aromatic rings. The van der Waals surface area contributed by atoms with Crippen LogP contribution in [0.5, 0.6) is 0 Å². The molecule has 0 saturated heterocycles. The molecule has 3 heterocycles. The topological polar surface area (TPSA) is 105 Å². The van der Waals surface area contributed by atoms with Gasteiger partial charge in [-0.15, -0.1) is 0 Å². The summed E-state index contributed by atoms with van der Waals surface area (Å²) in [5.74, 6) is 0. The van der Waals surface area contributed by atoms with Gasteiger partial charge in [0.25, 0.3) is 5.56 Å². The van der Waals surface area contributed by atoms with Crippen molar-refractivity contribution in [3.8, 4) is 11.1 Å². The van der Waals surface area contributed by atoms with Crippen LogP contribution in [-0.4, -0.2) is 49.9 Å². The van der Waals surface area contributed by atoms with Gasteiger partial charge in [0.1, 0.15) is 5.65 Å². The second kappa shape index (κ2) is 12.4. The lowest BCUT2D eigenvalue weighted by molar-refractivity contribution is -0.0654. The van der Waals surface area contributed by atoms with Crippen LogP contribution in [0.2, 0.25) is 0 Å². The molecule has 0 amide bonds. The van der Waals surface area contributed by atoms with Gasteiger partial charge in [0.2, 0.25) is 0 Å². The molecule has 2 aromatic heterocycles. The SMILES string of the molecule is CCCc1c(Cc2ccc(-c3ccccc3C3=NNNC3)cc2)c(=O)n(C2CCC(OCC(C)(C)O)CC2)c2ccnn12. The van der Waals surface area contributed by atoms with Gasteiger partial charge in [-0.2, -0.15) is 10.2 Å². The molecule has 3 N–H and O–H groups in total. The molecule has 1 fully saturated rings. The summed E-state index contributed by atoms with van der Waals surface area (Å²) in [4.78, 5) is 14.3. The Labute approximate surface area is 252 Å². The number of nitrogens with zero attached hydrogens (tertiary/aromatic N) is 4. The van der Waals surface area contributed by atoms with Crippen LogP contribution in [0.4, 0.5) is 0 Å². The molecule has 2 aliphatic rings. The molecule has 0 radical (unpaired) electrons. The molecule has 43 heavy (non-hydrogen) atoms. The lowest BCUT2D eigenvalue weighted by atomic mass is 9.92. The maximum Gasteiger partial charge on any atom is 0.257 e. The van der Waals surface area contributed by atoms with E-state index >= 15 is 0 Å². The van der Waals surface area contributed by atoms with E-state index in [0.717, 1.165) is 83.4 Å². The summed E-state index contributed by atoms with van der Waals surface area (Å²) >= 11 is 0. The van der Waals surface area contributed by atoms with Gasteiger partial charge in [-0.1, -0.05) is 61.9 Å². The fourth-order valence-corrected chi connectivity index (χ4v) is 6.42. The number of nitrogens with one attached hydrogen (secondary N) is 2. The third kappa shape index (κ3) is 6.30. The number of rotatable bonds is 10. The summed E-state index contributed by atoms with van der Waals surface area (Å²) in [5.41, 5.74) is 13.3. The standard InChI is InChI=1S/C34H42N6O3/c1-4-7-31-29(20-23-10-12-24(13-11-23)27-8-5-6-9-28(27)30-21-35-38-37-30)33(41)39(32-18-19-36-40(31)32)25-14-16-26(17-15-25)43-22-34(2,3)42/h5-6,8-13,18-19,25-26,35,38,42H,4,7,14-17,20-22H2,1-3H3. The van der Waals surface area contributed by atoms with Gasteiger partial charge in [-0.05, 0) is 62.6 Å². The van der Waals surface area contributed by atoms with Gasteiger partial charge in [-0.25, -0.2) is 15.5 Å². The Kier molecular flexibility index (Phi) is 8.47. The minimum Gasteiger partial charge on any atom is -0.388 e. The predicted octanol–water partition coefficient (Wildman–Crippen LogP) is 4.79. The van der Waals surface area contributed by atoms with Crippen molar-refractivity contribution >= 4 is 11.4 Å². The van der Waals surface area contributed by atoms with Crippen molar-refractivity contribution in [2.24, 2.45) is 5.10 Å². The molecule has 9 nitrogen and oxygen atoms in total. The van der Waals surface area contributed by atoms with Crippen molar-refractivity contribution in [2.45, 2.75) is 83.5 Å². The zero-order valence-corrected chi connectivity index (χ0v) is 25.3. The summed E-state index contributed by atoms with van der Waals surface area (Å²) < 4.78 is 9.98. The Bertz CT molecular complexity index is 1660. The highest BCUT2D eigenvalue weighted by Crippen LogP contribution is 2.32. The first-order chi connectivity index (χ1) is 20.8. The van der Waals surface area contributed by atoms with Gasteiger partial charge in [0, 0.05) is 29.7 Å². The number of ether oxygens (including phenoxy) is 1. The Morgan fingerprint density at radius 1 is 1.02 bits per heavy atom. The number of aliphatic hydroxyl groups is 1. The van der Waals surface area contributed by atoms with E-state index in [1.807, 2.05) is 21.2 Å². The highest BCUT2D eigenvalue weighted by Gasteiger charge is 2.28. The quantitative estimate of drug-likeness (QED) is 0.248. The average molecular weight is 583 g/mol. The summed E-state index contributed by atoms with van der Waals surface area (Å²) in [5, 5.41) is 19.1. The van der Waals surface area contributed by atoms with Crippen LogP contribution in [0.25, 0.3) is 16.8 Å². The molecule has 0 bridgehead atoms. The first kappa shape index (κ1) is 29.3. The van der Waals surface area contributed by atoms with Gasteiger partial charge >= 0.3 is 0 Å². The molecule has 9 heteroatoms. The zero-order valence-electron chi connectivity index (χ0n) is 25.3. The molecule has 1 saturated carbocycles. The molecule has 226 valence electrons. The summed E-state index contributed by atoms with van der Waals surface area (Å²) in [6, 6.07) is 18.9. The van der Waals surface area contributed by atoms with Gasteiger partial charge in [-0.3, -0.25) is 9.36 Å². The van der Waals surface area contributed by atoms with E-state index in [0.29, 0.717) is 19.6 Å². The van der Waals surface area contributed by atoms with E-state index in [-0.39, 0.29) is 17.7 Å². The van der Waals surface area contributed by atoms with Crippen molar-refractivity contribution < 1.29 is 9.84 Å². The van der Waals surface area contributed by atoms with E-state index < -0.39 is 5.60 Å². The first-order valence-electron chi connectivity index (χ1n) is 15.5. The van der Waals surface area contributed by atoms with Crippen molar-refractivity contribution in [3.05, 3.63) is 93.5 Å². The highest BCUT2D eigenvalue weighted by atomic mass is 16.5. The molecule has 2 aromatic carbocycles. The van der Waals surface area contributed by atoms with E-state index in [1.54, 1.807) is 20.0 Å². The molecule has 1 aliphatic heterocycles. The third-order valence-electron chi connectivity index (χ3n) is 8.53. The number of benzene rings is 2. The van der Waals surface area contributed by atoms with Crippen LogP contribution in [0.1, 0.15) is 81.3 Å². The molecule has 0 spiro atoms. The summed E-state index contributed by atoms with van der Waals surface area (Å²) in [6.07, 6.45) is 7.61. The summed E-state index contributed by atoms with van der Waals surface area (Å²) in [7, 11) is 0. The maximum absolute atomic E-state index is 14.3. The number of hydrazine groups is 1. The largest absolute Gasteiger partial charge is 0.388 e. The number of hydrazone groups is 1. The molecule has 0 atom stereocenters. The summed E-state index contributed by atoms with van der Waals surface area (Å²) in [6.45, 7) is 6.67. The smallest absolute Gasteiger partial charge is 0.257 e. The van der Waals surface area contributed by atoms with Crippen molar-refractivity contribution in [1.29, 1.82) is 0 Å².